The third kappa shape index (κ3) is 3.54. The second kappa shape index (κ2) is 6.45. The van der Waals surface area contributed by atoms with Crippen molar-refractivity contribution in [2.45, 2.75) is 19.7 Å². The van der Waals surface area contributed by atoms with Gasteiger partial charge in [-0.25, -0.2) is 0 Å². The third-order valence-corrected chi connectivity index (χ3v) is 3.86. The van der Waals surface area contributed by atoms with Crippen molar-refractivity contribution in [3.8, 4) is 11.5 Å². The molecule has 2 aromatic rings. The van der Waals surface area contributed by atoms with Crippen molar-refractivity contribution in [3.63, 3.8) is 0 Å². The van der Waals surface area contributed by atoms with E-state index in [9.17, 15) is 10.1 Å². The van der Waals surface area contributed by atoms with Gasteiger partial charge in [-0.3, -0.25) is 10.1 Å². The lowest BCUT2D eigenvalue weighted by atomic mass is 10.1. The fraction of sp³-hybridized carbons (Fsp3) is 0.200. The molecule has 21 heavy (non-hydrogen) atoms. The summed E-state index contributed by atoms with van der Waals surface area (Å²) in [5.74, 6) is 1.55. The number of aryl methyl sites for hydroxylation is 2. The number of nitro benzene ring substituents is 1. The molecular weight excluding hydrogens is 358 g/mol. The number of hydrogen-bond donors (Lipinski definition) is 0. The molecule has 0 saturated heterocycles. The Morgan fingerprint density at radius 3 is 2.52 bits per heavy atom. The molecule has 0 fully saturated rings. The number of benzene rings is 2. The van der Waals surface area contributed by atoms with Crippen LogP contribution in [0, 0.1) is 24.0 Å². The summed E-state index contributed by atoms with van der Waals surface area (Å²) >= 11 is 9.30. The quantitative estimate of drug-likeness (QED) is 0.405. The fourth-order valence-corrected chi connectivity index (χ4v) is 2.57. The second-order valence-corrected chi connectivity index (χ2v) is 5.83. The van der Waals surface area contributed by atoms with Crippen molar-refractivity contribution in [2.75, 3.05) is 0 Å². The SMILES string of the molecule is Cc1cc([N+](=O)[O-])c(C)cc1Oc1ccc(Br)cc1CCl. The zero-order valence-electron chi connectivity index (χ0n) is 11.5. The number of rotatable bonds is 4. The average molecular weight is 371 g/mol. The molecule has 0 spiro atoms. The van der Waals surface area contributed by atoms with Crippen LogP contribution >= 0.6 is 27.5 Å². The summed E-state index contributed by atoms with van der Waals surface area (Å²) in [7, 11) is 0. The Morgan fingerprint density at radius 2 is 1.90 bits per heavy atom. The molecule has 0 aliphatic carbocycles. The minimum Gasteiger partial charge on any atom is -0.457 e. The van der Waals surface area contributed by atoms with Crippen molar-refractivity contribution in [3.05, 3.63) is 61.6 Å². The molecule has 4 nitrogen and oxygen atoms in total. The Morgan fingerprint density at radius 1 is 1.19 bits per heavy atom. The number of alkyl halides is 1. The highest BCUT2D eigenvalue weighted by Crippen LogP contribution is 2.34. The Kier molecular flexibility index (Phi) is 4.85. The summed E-state index contributed by atoms with van der Waals surface area (Å²) in [6.45, 7) is 3.47. The number of nitrogens with zero attached hydrogens (tertiary/aromatic N) is 1. The molecule has 0 heterocycles. The van der Waals surface area contributed by atoms with Crippen LogP contribution in [0.25, 0.3) is 0 Å². The van der Waals surface area contributed by atoms with E-state index in [1.807, 2.05) is 18.2 Å². The zero-order chi connectivity index (χ0) is 15.6. The van der Waals surface area contributed by atoms with Gasteiger partial charge in [-0.05, 0) is 43.7 Å². The number of nitro groups is 1. The molecular formula is C15H13BrClNO3. The molecule has 2 aromatic carbocycles. The highest BCUT2D eigenvalue weighted by atomic mass is 79.9. The van der Waals surface area contributed by atoms with Gasteiger partial charge in [0.15, 0.2) is 0 Å². The topological polar surface area (TPSA) is 52.4 Å². The van der Waals surface area contributed by atoms with E-state index < -0.39 is 4.92 Å². The first-order valence-corrected chi connectivity index (χ1v) is 7.53. The van der Waals surface area contributed by atoms with Gasteiger partial charge in [-0.2, -0.15) is 0 Å². The highest BCUT2D eigenvalue weighted by molar-refractivity contribution is 9.10. The molecule has 0 atom stereocenters. The van der Waals surface area contributed by atoms with Gasteiger partial charge in [-0.15, -0.1) is 11.6 Å². The van der Waals surface area contributed by atoms with Crippen LogP contribution in [0.3, 0.4) is 0 Å². The normalized spacial score (nSPS) is 10.5. The molecule has 0 aromatic heterocycles. The maximum absolute atomic E-state index is 10.9. The van der Waals surface area contributed by atoms with Crippen molar-refractivity contribution >= 4 is 33.2 Å². The first-order valence-electron chi connectivity index (χ1n) is 6.20. The van der Waals surface area contributed by atoms with Crippen molar-refractivity contribution in [2.24, 2.45) is 0 Å². The zero-order valence-corrected chi connectivity index (χ0v) is 13.9. The Bertz CT molecular complexity index is 704. The van der Waals surface area contributed by atoms with Crippen LogP contribution in [0.4, 0.5) is 5.69 Å². The van der Waals surface area contributed by atoms with Crippen LogP contribution in [0.5, 0.6) is 11.5 Å². The van der Waals surface area contributed by atoms with Gasteiger partial charge >= 0.3 is 0 Å². The smallest absolute Gasteiger partial charge is 0.272 e. The van der Waals surface area contributed by atoms with Crippen molar-refractivity contribution in [1.29, 1.82) is 0 Å². The minimum atomic E-state index is -0.393. The molecule has 0 N–H and O–H groups in total. The Balaban J connectivity index is 2.41. The monoisotopic (exact) mass is 369 g/mol. The van der Waals surface area contributed by atoms with Gasteiger partial charge < -0.3 is 4.74 Å². The lowest BCUT2D eigenvalue weighted by molar-refractivity contribution is -0.385. The summed E-state index contributed by atoms with van der Waals surface area (Å²) < 4.78 is 6.79. The molecule has 0 radical (unpaired) electrons. The van der Waals surface area contributed by atoms with Gasteiger partial charge in [0.25, 0.3) is 5.69 Å². The molecule has 6 heteroatoms. The van der Waals surface area contributed by atoms with E-state index in [2.05, 4.69) is 15.9 Å². The first-order chi connectivity index (χ1) is 9.92. The minimum absolute atomic E-state index is 0.0909. The van der Waals surface area contributed by atoms with Crippen LogP contribution in [-0.4, -0.2) is 4.92 Å². The van der Waals surface area contributed by atoms with E-state index >= 15 is 0 Å². The van der Waals surface area contributed by atoms with Gasteiger partial charge in [0.05, 0.1) is 10.8 Å². The summed E-state index contributed by atoms with van der Waals surface area (Å²) in [5.41, 5.74) is 2.20. The van der Waals surface area contributed by atoms with Crippen molar-refractivity contribution in [1.82, 2.24) is 0 Å². The Hall–Kier alpha value is -1.59. The van der Waals surface area contributed by atoms with E-state index in [4.69, 9.17) is 16.3 Å². The lowest BCUT2D eigenvalue weighted by Gasteiger charge is -2.13. The van der Waals surface area contributed by atoms with E-state index in [1.165, 1.54) is 6.07 Å². The van der Waals surface area contributed by atoms with Crippen LogP contribution < -0.4 is 4.74 Å². The molecule has 0 amide bonds. The van der Waals surface area contributed by atoms with Gasteiger partial charge in [0, 0.05) is 21.7 Å². The fourth-order valence-electron chi connectivity index (χ4n) is 1.95. The predicted octanol–water partition coefficient (Wildman–Crippen LogP) is 5.51. The van der Waals surface area contributed by atoms with E-state index in [0.717, 1.165) is 10.0 Å². The highest BCUT2D eigenvalue weighted by Gasteiger charge is 2.15. The molecule has 0 saturated carbocycles. The maximum atomic E-state index is 10.9. The molecule has 110 valence electrons. The number of ether oxygens (including phenoxy) is 1. The van der Waals surface area contributed by atoms with Crippen LogP contribution in [0.1, 0.15) is 16.7 Å². The van der Waals surface area contributed by atoms with Crippen LogP contribution in [-0.2, 0) is 5.88 Å². The number of hydrogen-bond acceptors (Lipinski definition) is 3. The Labute approximate surface area is 136 Å². The van der Waals surface area contributed by atoms with Crippen LogP contribution in [0.15, 0.2) is 34.8 Å². The number of halogens is 2. The molecule has 0 bridgehead atoms. The second-order valence-electron chi connectivity index (χ2n) is 4.65. The van der Waals surface area contributed by atoms with Gasteiger partial charge in [0.2, 0.25) is 0 Å². The average Bonchev–Trinajstić information content (AvgIpc) is 2.43. The summed E-state index contributed by atoms with van der Waals surface area (Å²) in [6.07, 6.45) is 0. The standard InChI is InChI=1S/C15H13BrClNO3/c1-9-6-15(10(2)5-13(9)18(19)20)21-14-4-3-12(16)7-11(14)8-17/h3-7H,8H2,1-2H3. The largest absolute Gasteiger partial charge is 0.457 e. The predicted molar refractivity (Wildman–Crippen MR) is 86.3 cm³/mol. The lowest BCUT2D eigenvalue weighted by Crippen LogP contribution is -1.96. The molecule has 0 aliphatic rings. The molecule has 0 aliphatic heterocycles. The van der Waals surface area contributed by atoms with E-state index in [0.29, 0.717) is 28.5 Å². The summed E-state index contributed by atoms with van der Waals surface area (Å²) in [6, 6.07) is 8.75. The summed E-state index contributed by atoms with van der Waals surface area (Å²) in [4.78, 5) is 10.5. The maximum Gasteiger partial charge on any atom is 0.272 e. The summed E-state index contributed by atoms with van der Waals surface area (Å²) in [5, 5.41) is 10.9. The molecule has 0 unspecified atom stereocenters. The van der Waals surface area contributed by atoms with Crippen LogP contribution in [0.2, 0.25) is 0 Å². The first kappa shape index (κ1) is 15.8. The van der Waals surface area contributed by atoms with Crippen molar-refractivity contribution < 1.29 is 9.66 Å². The van der Waals surface area contributed by atoms with Gasteiger partial charge in [-0.1, -0.05) is 15.9 Å². The van der Waals surface area contributed by atoms with Gasteiger partial charge in [0.1, 0.15) is 11.5 Å². The van der Waals surface area contributed by atoms with E-state index in [-0.39, 0.29) is 5.69 Å². The third-order valence-electron chi connectivity index (χ3n) is 3.08. The molecule has 2 rings (SSSR count). The van der Waals surface area contributed by atoms with E-state index in [1.54, 1.807) is 19.9 Å².